The highest BCUT2D eigenvalue weighted by atomic mass is 32.2. The monoisotopic (exact) mass is 239 g/mol. The number of nitrogens with one attached hydrogen (secondary N) is 1. The maximum atomic E-state index is 5.27. The molecule has 1 aromatic carbocycles. The number of rotatable bonds is 3. The summed E-state index contributed by atoms with van der Waals surface area (Å²) >= 11 is 6.37. The molecule has 0 aliphatic heterocycles. The predicted molar refractivity (Wildman–Crippen MR) is 70.4 cm³/mol. The van der Waals surface area contributed by atoms with E-state index in [-0.39, 0.29) is 5.11 Å². The van der Waals surface area contributed by atoms with Crippen molar-refractivity contribution in [2.45, 2.75) is 11.8 Å². The van der Waals surface area contributed by atoms with Crippen LogP contribution in [0.2, 0.25) is 0 Å². The first-order valence-corrected chi connectivity index (χ1v) is 6.01. The van der Waals surface area contributed by atoms with E-state index in [1.165, 1.54) is 4.90 Å². The summed E-state index contributed by atoms with van der Waals surface area (Å²) in [6, 6.07) is 8.15. The molecule has 80 valence electrons. The maximum absolute atomic E-state index is 5.27. The van der Waals surface area contributed by atoms with Gasteiger partial charge in [-0.15, -0.1) is 11.8 Å². The number of hydrazone groups is 1. The van der Waals surface area contributed by atoms with Gasteiger partial charge in [0.1, 0.15) is 0 Å². The highest BCUT2D eigenvalue weighted by Crippen LogP contribution is 2.15. The predicted octanol–water partition coefficient (Wildman–Crippen LogP) is 1.97. The van der Waals surface area contributed by atoms with E-state index in [1.807, 2.05) is 25.3 Å². The number of benzene rings is 1. The van der Waals surface area contributed by atoms with Gasteiger partial charge < -0.3 is 5.73 Å². The van der Waals surface area contributed by atoms with E-state index in [9.17, 15) is 0 Å². The normalized spacial score (nSPS) is 11.2. The van der Waals surface area contributed by atoms with Gasteiger partial charge in [0.2, 0.25) is 0 Å². The molecule has 0 heterocycles. The Bertz CT molecular complexity index is 371. The Balaban J connectivity index is 2.77. The number of hydrogen-bond acceptors (Lipinski definition) is 3. The van der Waals surface area contributed by atoms with Crippen molar-refractivity contribution in [2.24, 2.45) is 10.8 Å². The molecule has 0 spiro atoms. The zero-order valence-electron chi connectivity index (χ0n) is 8.65. The highest BCUT2D eigenvalue weighted by molar-refractivity contribution is 7.98. The molecule has 1 rings (SSSR count). The fourth-order valence-electron chi connectivity index (χ4n) is 1.04. The molecular formula is C10H13N3S2. The molecule has 15 heavy (non-hydrogen) atoms. The van der Waals surface area contributed by atoms with Crippen LogP contribution in [-0.4, -0.2) is 17.1 Å². The van der Waals surface area contributed by atoms with Crippen molar-refractivity contribution < 1.29 is 0 Å². The first-order chi connectivity index (χ1) is 7.13. The van der Waals surface area contributed by atoms with E-state index in [0.29, 0.717) is 0 Å². The molecule has 0 bridgehead atoms. The average molecular weight is 239 g/mol. The van der Waals surface area contributed by atoms with Crippen LogP contribution in [0.1, 0.15) is 12.5 Å². The molecule has 0 aliphatic rings. The van der Waals surface area contributed by atoms with Gasteiger partial charge in [-0.2, -0.15) is 5.10 Å². The summed E-state index contributed by atoms with van der Waals surface area (Å²) in [7, 11) is 0. The molecule has 0 saturated heterocycles. The van der Waals surface area contributed by atoms with Crippen LogP contribution in [0.5, 0.6) is 0 Å². The van der Waals surface area contributed by atoms with Crippen LogP contribution >= 0.6 is 24.0 Å². The Morgan fingerprint density at radius 2 is 2.00 bits per heavy atom. The lowest BCUT2D eigenvalue weighted by molar-refractivity contribution is 1.03. The molecule has 5 heteroatoms. The standard InChI is InChI=1S/C10H13N3S2/c1-7(12-13-10(11)14)8-3-5-9(15-2)6-4-8/h3-6H,1-2H3,(H3,11,13,14). The average Bonchev–Trinajstić information content (AvgIpc) is 2.26. The van der Waals surface area contributed by atoms with Crippen LogP contribution < -0.4 is 11.2 Å². The third-order valence-electron chi connectivity index (χ3n) is 1.84. The molecule has 0 amide bonds. The lowest BCUT2D eigenvalue weighted by atomic mass is 10.1. The van der Waals surface area contributed by atoms with Crippen molar-refractivity contribution in [3.05, 3.63) is 29.8 Å². The third-order valence-corrected chi connectivity index (χ3v) is 2.68. The minimum atomic E-state index is 0.176. The van der Waals surface area contributed by atoms with E-state index in [2.05, 4.69) is 34.9 Å². The largest absolute Gasteiger partial charge is 0.375 e. The molecule has 0 aromatic heterocycles. The van der Waals surface area contributed by atoms with Gasteiger partial charge in [0, 0.05) is 4.90 Å². The Labute approximate surface area is 99.1 Å². The van der Waals surface area contributed by atoms with Crippen molar-refractivity contribution in [3.8, 4) is 0 Å². The van der Waals surface area contributed by atoms with Crippen LogP contribution in [0.25, 0.3) is 0 Å². The smallest absolute Gasteiger partial charge is 0.184 e. The van der Waals surface area contributed by atoms with Gasteiger partial charge >= 0.3 is 0 Å². The number of hydrogen-bond donors (Lipinski definition) is 2. The van der Waals surface area contributed by atoms with Gasteiger partial charge in [-0.1, -0.05) is 12.1 Å². The van der Waals surface area contributed by atoms with E-state index >= 15 is 0 Å². The van der Waals surface area contributed by atoms with E-state index in [1.54, 1.807) is 11.8 Å². The summed E-state index contributed by atoms with van der Waals surface area (Å²) in [6.07, 6.45) is 2.05. The molecule has 0 atom stereocenters. The maximum Gasteiger partial charge on any atom is 0.184 e. The number of thioether (sulfide) groups is 1. The molecule has 1 aromatic rings. The third kappa shape index (κ3) is 3.89. The quantitative estimate of drug-likeness (QED) is 0.366. The molecular weight excluding hydrogens is 226 g/mol. The lowest BCUT2D eigenvalue weighted by Gasteiger charge is -2.02. The minimum Gasteiger partial charge on any atom is -0.375 e. The van der Waals surface area contributed by atoms with Crippen LogP contribution in [0.15, 0.2) is 34.3 Å². The fourth-order valence-corrected chi connectivity index (χ4v) is 1.49. The summed E-state index contributed by atoms with van der Waals surface area (Å²) in [4.78, 5) is 1.23. The number of thiocarbonyl (C=S) groups is 1. The van der Waals surface area contributed by atoms with Crippen molar-refractivity contribution in [3.63, 3.8) is 0 Å². The molecule has 0 radical (unpaired) electrons. The van der Waals surface area contributed by atoms with E-state index in [0.717, 1.165) is 11.3 Å². The second-order valence-electron chi connectivity index (χ2n) is 2.90. The molecule has 3 nitrogen and oxygen atoms in total. The molecule has 0 aliphatic carbocycles. The van der Waals surface area contributed by atoms with Crippen molar-refractivity contribution in [1.29, 1.82) is 0 Å². The molecule has 3 N–H and O–H groups in total. The second-order valence-corrected chi connectivity index (χ2v) is 4.22. The zero-order chi connectivity index (χ0) is 11.3. The van der Waals surface area contributed by atoms with Crippen molar-refractivity contribution >= 4 is 34.8 Å². The fraction of sp³-hybridized carbons (Fsp3) is 0.200. The van der Waals surface area contributed by atoms with Crippen LogP contribution in [0.4, 0.5) is 0 Å². The molecule has 0 unspecified atom stereocenters. The van der Waals surface area contributed by atoms with Gasteiger partial charge in [0.15, 0.2) is 5.11 Å². The first kappa shape index (κ1) is 12.0. The summed E-state index contributed by atoms with van der Waals surface area (Å²) in [5.74, 6) is 0. The van der Waals surface area contributed by atoms with Gasteiger partial charge in [-0.25, -0.2) is 0 Å². The topological polar surface area (TPSA) is 50.4 Å². The Kier molecular flexibility index (Phi) is 4.58. The Hall–Kier alpha value is -1.07. The van der Waals surface area contributed by atoms with Crippen LogP contribution in [-0.2, 0) is 0 Å². The minimum absolute atomic E-state index is 0.176. The van der Waals surface area contributed by atoms with Gasteiger partial charge in [-0.05, 0) is 43.1 Å². The van der Waals surface area contributed by atoms with Crippen molar-refractivity contribution in [1.82, 2.24) is 5.43 Å². The molecule has 0 fully saturated rings. The van der Waals surface area contributed by atoms with E-state index in [4.69, 9.17) is 5.73 Å². The van der Waals surface area contributed by atoms with Gasteiger partial charge in [-0.3, -0.25) is 5.43 Å². The Morgan fingerprint density at radius 1 is 1.40 bits per heavy atom. The summed E-state index contributed by atoms with van der Waals surface area (Å²) in [6.45, 7) is 1.90. The summed E-state index contributed by atoms with van der Waals surface area (Å²) < 4.78 is 0. The first-order valence-electron chi connectivity index (χ1n) is 4.37. The number of nitrogens with two attached hydrogens (primary N) is 1. The Morgan fingerprint density at radius 3 is 2.47 bits per heavy atom. The van der Waals surface area contributed by atoms with Crippen molar-refractivity contribution in [2.75, 3.05) is 6.26 Å². The van der Waals surface area contributed by atoms with Gasteiger partial charge in [0.05, 0.1) is 5.71 Å². The zero-order valence-corrected chi connectivity index (χ0v) is 10.3. The lowest BCUT2D eigenvalue weighted by Crippen LogP contribution is -2.25. The van der Waals surface area contributed by atoms with Crippen LogP contribution in [0, 0.1) is 0 Å². The highest BCUT2D eigenvalue weighted by Gasteiger charge is 1.97. The van der Waals surface area contributed by atoms with Gasteiger partial charge in [0.25, 0.3) is 0 Å². The second kappa shape index (κ2) is 5.72. The SMILES string of the molecule is CSc1ccc(C(C)=NNC(N)=S)cc1. The molecule has 0 saturated carbocycles. The van der Waals surface area contributed by atoms with Crippen LogP contribution in [0.3, 0.4) is 0 Å². The summed E-state index contributed by atoms with van der Waals surface area (Å²) in [5, 5.41) is 4.22. The number of nitrogens with zero attached hydrogens (tertiary/aromatic N) is 1. The summed E-state index contributed by atoms with van der Waals surface area (Å²) in [5.41, 5.74) is 9.75. The van der Waals surface area contributed by atoms with E-state index < -0.39 is 0 Å².